The van der Waals surface area contributed by atoms with E-state index in [9.17, 15) is 45.9 Å². The third-order valence-corrected chi connectivity index (χ3v) is 24.2. The lowest BCUT2D eigenvalue weighted by atomic mass is 10.0. The summed E-state index contributed by atoms with van der Waals surface area (Å²) in [7, 11) is 13.5. The standard InChI is InChI=1S/5C21H19FN6O2/c5*1-11-15-8-13(22)5-6-14(15)21(29)27(3)10-16-18(20(24-2)28(4)26-16)12-7-17(30-11)19(23)25-9-12/h5*5-9,11H,10H2,1,3-4H3,(H2,23,25)/i7D,9D;2*1D3,11D;10D2;3D3. The number of carbonyl (C=O) groups is 5. The predicted molar refractivity (Wildman–Crippen MR) is 542 cm³/mol. The Balaban J connectivity index is 0.000000144. The molecule has 150 heavy (non-hydrogen) atoms. The minimum Gasteiger partial charge on any atom is -0.482 e. The number of nitrogen functional groups attached to an aromatic ring is 5. The zero-order valence-electron chi connectivity index (χ0n) is 96.4. The average Bonchev–Trinajstić information content (AvgIpc) is 1.69. The molecule has 0 aliphatic carbocycles. The molecule has 5 aliphatic heterocycles. The SMILES string of the molecule is [2H]C([2H])([2H])C1([2H])Oc2cc(cnc2N)-c2c(nn(C)c2[N+]#[C-])CN(C)C(=O)c2ccc(F)cc21.[2H]C([2H])([2H])C1([2H])Oc2cc(cnc2N)-c2c(nn(C)c2[N+]#[C-])CN(C)C(=O)c2ccc(F)cc21.[2H]C([2H])([2H])N1Cc2nn(C)c([N+]#[C-])c2-c2cnc(N)c(c2)OC(C)c2cc(F)ccc2C1=O.[2H]C1([2H])c2nn(C)c([N+]#[C-])c2-c2cnc(N)c(c2)OC(C)c2cc(F)ccc2C(=O)N1C.[2H]c1nc(N)c2c([2H])c1-c1c(nn(C)c1[N+]#[C-])CN(C)C(=O)c1ccc(F)cc1C(C)O2. The van der Waals surface area contributed by atoms with E-state index in [2.05, 4.69) is 74.6 Å². The highest BCUT2D eigenvalue weighted by Crippen LogP contribution is 2.47. The van der Waals surface area contributed by atoms with Gasteiger partial charge in [0.15, 0.2) is 57.8 Å². The van der Waals surface area contributed by atoms with Gasteiger partial charge in [0, 0.05) is 162 Å². The number of benzene rings is 5. The first-order valence-corrected chi connectivity index (χ1v) is 44.7. The van der Waals surface area contributed by atoms with Crippen LogP contribution in [0.5, 0.6) is 28.7 Å². The van der Waals surface area contributed by atoms with Crippen molar-refractivity contribution in [3.8, 4) is 84.4 Å². The predicted octanol–water partition coefficient (Wildman–Crippen LogP) is 17.4. The van der Waals surface area contributed by atoms with Gasteiger partial charge in [0.1, 0.15) is 88.0 Å². The molecule has 40 nitrogen and oxygen atoms in total. The fourth-order valence-electron chi connectivity index (χ4n) is 17.0. The van der Waals surface area contributed by atoms with Crippen LogP contribution in [0.4, 0.5) is 80.1 Å². The maximum absolute atomic E-state index is 14.3. The van der Waals surface area contributed by atoms with E-state index in [1.54, 1.807) is 62.1 Å². The van der Waals surface area contributed by atoms with E-state index in [-0.39, 0.29) is 191 Å². The second-order valence-corrected chi connectivity index (χ2v) is 34.2. The van der Waals surface area contributed by atoms with Gasteiger partial charge in [-0.1, -0.05) is 32.9 Å². The van der Waals surface area contributed by atoms with Crippen LogP contribution in [-0.4, -0.2) is 163 Å². The summed E-state index contributed by atoms with van der Waals surface area (Å²) in [6, 6.07) is 22.1. The van der Waals surface area contributed by atoms with Crippen molar-refractivity contribution < 1.29 is 90.2 Å². The molecule has 5 atom stereocenters. The Morgan fingerprint density at radius 1 is 0.340 bits per heavy atom. The van der Waals surface area contributed by atoms with E-state index in [1.807, 2.05) is 0 Å². The number of nitrogens with zero attached hydrogens (tertiary/aromatic N) is 25. The number of fused-ring (bicyclic) bond motifs is 25. The van der Waals surface area contributed by atoms with Gasteiger partial charge in [-0.25, -0.2) is 70.3 Å². The molecule has 760 valence electrons. The molecule has 45 heteroatoms. The number of hydrogen-bond donors (Lipinski definition) is 5. The molecule has 5 amide bonds. The highest BCUT2D eigenvalue weighted by molar-refractivity contribution is 6.00. The van der Waals surface area contributed by atoms with Crippen LogP contribution in [0.2, 0.25) is 0 Å². The zero-order valence-corrected chi connectivity index (χ0v) is 81.4. The number of rotatable bonds is 0. The van der Waals surface area contributed by atoms with Crippen LogP contribution in [0, 0.1) is 61.9 Å². The second-order valence-electron chi connectivity index (χ2n) is 34.2. The van der Waals surface area contributed by atoms with Crippen molar-refractivity contribution in [3.05, 3.63) is 323 Å². The van der Waals surface area contributed by atoms with Crippen molar-refractivity contribution in [2.24, 2.45) is 35.2 Å². The van der Waals surface area contributed by atoms with Crippen LogP contribution < -0.4 is 52.4 Å². The van der Waals surface area contributed by atoms with Crippen LogP contribution >= 0.6 is 0 Å². The third-order valence-electron chi connectivity index (χ3n) is 24.2. The molecule has 5 aliphatic rings. The molecule has 5 aromatic carbocycles. The average molecular weight is 2050 g/mol. The van der Waals surface area contributed by atoms with Crippen molar-refractivity contribution >= 4 is 87.7 Å². The summed E-state index contributed by atoms with van der Waals surface area (Å²) in [6.07, 6.45) is -3.14. The fraction of sp³-hybridized carbons (Fsp3) is 0.238. The normalized spacial score (nSPS) is 18.9. The lowest BCUT2D eigenvalue weighted by Gasteiger charge is -2.23. The zero-order chi connectivity index (χ0) is 121. The summed E-state index contributed by atoms with van der Waals surface area (Å²) in [6.45, 7) is 30.6. The van der Waals surface area contributed by atoms with E-state index in [4.69, 9.17) is 106 Å². The molecule has 5 unspecified atom stereocenters. The van der Waals surface area contributed by atoms with E-state index in [0.717, 1.165) is 59.5 Å². The number of hydrogen-bond acceptors (Lipinski definition) is 25. The van der Waals surface area contributed by atoms with Crippen LogP contribution in [0.1, 0.15) is 194 Å². The molecule has 0 saturated heterocycles. The molecule has 0 radical (unpaired) electrons. The molecule has 10 N–H and O–H groups in total. The Morgan fingerprint density at radius 3 is 0.887 bits per heavy atom. The summed E-state index contributed by atoms with van der Waals surface area (Å²) in [5.41, 5.74) is 33.3. The monoisotopic (exact) mass is 2050 g/mol. The number of pyridine rings is 5. The first-order valence-electron chi connectivity index (χ1n) is 52.2. The Morgan fingerprint density at radius 2 is 0.587 bits per heavy atom. The summed E-state index contributed by atoms with van der Waals surface area (Å²) < 4.78 is 231. The first kappa shape index (κ1) is 84.8. The molecule has 15 aromatic rings. The van der Waals surface area contributed by atoms with Gasteiger partial charge < -0.3 is 101 Å². The van der Waals surface area contributed by atoms with Gasteiger partial charge in [-0.15, -0.1) is 25.5 Å². The smallest absolute Gasteiger partial charge is 0.260 e. The lowest BCUT2D eigenvalue weighted by Crippen LogP contribution is -2.28. The number of nitrogens with two attached hydrogens (primary N) is 5. The summed E-state index contributed by atoms with van der Waals surface area (Å²) >= 11 is 0. The Hall–Kier alpha value is -19.6. The van der Waals surface area contributed by atoms with Crippen molar-refractivity contribution in [3.63, 3.8) is 0 Å². The Bertz CT molecular complexity index is 8800. The molecule has 0 fully saturated rings. The Kier molecular flexibility index (Phi) is 23.7. The maximum atomic E-state index is 14.3. The van der Waals surface area contributed by atoms with Crippen LogP contribution in [0.15, 0.2) is 152 Å². The van der Waals surface area contributed by atoms with E-state index < -0.39 is 134 Å². The topological polar surface area (TPSA) is 453 Å². The fourth-order valence-corrected chi connectivity index (χ4v) is 17.0. The lowest BCUT2D eigenvalue weighted by molar-refractivity contribution is 0.0771. The number of amides is 5. The summed E-state index contributed by atoms with van der Waals surface area (Å²) in [4.78, 5) is 110. The molecule has 15 heterocycles. The summed E-state index contributed by atoms with van der Waals surface area (Å²) in [5.74, 6) is -7.02. The second kappa shape index (κ2) is 42.0. The van der Waals surface area contributed by atoms with Gasteiger partial charge in [-0.2, -0.15) is 0 Å². The number of aromatic nitrogens is 15. The van der Waals surface area contributed by atoms with Crippen LogP contribution in [-0.2, 0) is 67.9 Å². The number of anilines is 5. The van der Waals surface area contributed by atoms with Crippen molar-refractivity contribution in [1.82, 2.24) is 98.3 Å². The quantitative estimate of drug-likeness (QED) is 0.0695. The minimum absolute atomic E-state index is 0.0117. The van der Waals surface area contributed by atoms with E-state index >= 15 is 0 Å². The number of ether oxygens (including phenoxy) is 5. The molecular formula is C105H95F5N30O10. The van der Waals surface area contributed by atoms with Gasteiger partial charge in [-0.05, 0) is 184 Å². The van der Waals surface area contributed by atoms with E-state index in [1.165, 1.54) is 146 Å². The van der Waals surface area contributed by atoms with Crippen LogP contribution in [0.25, 0.3) is 79.9 Å². The van der Waals surface area contributed by atoms with Gasteiger partial charge in [0.2, 0.25) is 0 Å². The van der Waals surface area contributed by atoms with E-state index in [0.29, 0.717) is 60.9 Å². The molecule has 0 saturated carbocycles. The number of aryl methyl sites for hydroxylation is 5. The maximum Gasteiger partial charge on any atom is 0.260 e. The molecule has 0 spiro atoms. The highest BCUT2D eigenvalue weighted by atomic mass is 19.1. The molecule has 10 aromatic heterocycles. The number of carbonyl (C=O) groups excluding carboxylic acids is 5. The van der Waals surface area contributed by atoms with Gasteiger partial charge in [0.05, 0.1) is 76.1 Å². The van der Waals surface area contributed by atoms with Crippen molar-refractivity contribution in [2.75, 3.05) is 63.8 Å². The van der Waals surface area contributed by atoms with Gasteiger partial charge >= 0.3 is 0 Å². The first-order chi connectivity index (χ1) is 77.4. The molecule has 20 rings (SSSR count). The minimum atomic E-state index is -3.16. The largest absolute Gasteiger partial charge is 0.482 e. The molecular weight excluding hydrogens is 1940 g/mol. The Labute approximate surface area is 876 Å². The number of halogens is 5. The summed E-state index contributed by atoms with van der Waals surface area (Å²) in [5, 5.41) is 21.6. The van der Waals surface area contributed by atoms with Gasteiger partial charge in [-0.3, -0.25) is 24.0 Å². The van der Waals surface area contributed by atoms with Crippen molar-refractivity contribution in [1.29, 1.82) is 0 Å². The highest BCUT2D eigenvalue weighted by Gasteiger charge is 2.37. The van der Waals surface area contributed by atoms with Crippen LogP contribution in [0.3, 0.4) is 0 Å². The van der Waals surface area contributed by atoms with Crippen molar-refractivity contribution in [2.45, 2.75) is 97.6 Å². The van der Waals surface area contributed by atoms with Gasteiger partial charge in [0.25, 0.3) is 58.6 Å². The third kappa shape index (κ3) is 20.3. The molecule has 10 bridgehead atoms.